The number of ether oxygens (including phenoxy) is 2. The van der Waals surface area contributed by atoms with Crippen LogP contribution in [-0.2, 0) is 9.59 Å². The quantitative estimate of drug-likeness (QED) is 0.271. The maximum absolute atomic E-state index is 13.2. The van der Waals surface area contributed by atoms with Crippen molar-refractivity contribution in [2.75, 3.05) is 39.4 Å². The first kappa shape index (κ1) is 26.3. The van der Waals surface area contributed by atoms with Crippen LogP contribution in [0, 0.1) is 0 Å². The van der Waals surface area contributed by atoms with Crippen molar-refractivity contribution in [3.63, 3.8) is 0 Å². The van der Waals surface area contributed by atoms with Gasteiger partial charge in [-0.1, -0.05) is 32.9 Å². The summed E-state index contributed by atoms with van der Waals surface area (Å²) in [6.07, 6.45) is 0.865. The van der Waals surface area contributed by atoms with Gasteiger partial charge in [0, 0.05) is 18.7 Å². The summed E-state index contributed by atoms with van der Waals surface area (Å²) in [6.45, 7) is 11.8. The van der Waals surface area contributed by atoms with Gasteiger partial charge in [-0.2, -0.15) is 0 Å². The smallest absolute Gasteiger partial charge is 0.295 e. The average molecular weight is 481 g/mol. The number of amides is 1. The number of hydrogen-bond acceptors (Lipinski definition) is 6. The number of nitrogens with zero attached hydrogens (tertiary/aromatic N) is 2. The van der Waals surface area contributed by atoms with Crippen LogP contribution in [0.1, 0.15) is 51.3 Å². The topological polar surface area (TPSA) is 79.3 Å². The van der Waals surface area contributed by atoms with Crippen LogP contribution in [0.5, 0.6) is 11.5 Å². The van der Waals surface area contributed by atoms with Crippen molar-refractivity contribution in [1.29, 1.82) is 0 Å². The summed E-state index contributed by atoms with van der Waals surface area (Å²) in [5.41, 5.74) is 1.27. The molecule has 2 aromatic rings. The second kappa shape index (κ2) is 12.4. The zero-order chi connectivity index (χ0) is 25.4. The molecule has 0 radical (unpaired) electrons. The fourth-order valence-corrected chi connectivity index (χ4v) is 4.27. The van der Waals surface area contributed by atoms with E-state index in [4.69, 9.17) is 9.47 Å². The Labute approximate surface area is 207 Å². The zero-order valence-corrected chi connectivity index (χ0v) is 21.1. The molecule has 188 valence electrons. The third kappa shape index (κ3) is 6.03. The fraction of sp³-hybridized carbons (Fsp3) is 0.429. The van der Waals surface area contributed by atoms with E-state index >= 15 is 0 Å². The minimum atomic E-state index is -0.706. The van der Waals surface area contributed by atoms with Crippen LogP contribution in [-0.4, -0.2) is 66.0 Å². The van der Waals surface area contributed by atoms with Gasteiger partial charge in [0.2, 0.25) is 0 Å². The molecule has 1 fully saturated rings. The van der Waals surface area contributed by atoms with E-state index in [1.54, 1.807) is 29.2 Å². The highest BCUT2D eigenvalue weighted by Crippen LogP contribution is 2.40. The standard InChI is InChI=1S/C28H36N2O5/c1-5-18-35-23-11-9-10-21(19-23)25-24(26(31)20-12-14-22(15-13-20)34-8-4)27(32)28(33)30(25)17-16-29(6-2)7-3/h9-15,19,25,31H,5-8,16-18H2,1-4H3/b26-24-. The molecule has 3 rings (SSSR count). The van der Waals surface area contributed by atoms with E-state index in [1.165, 1.54) is 0 Å². The summed E-state index contributed by atoms with van der Waals surface area (Å²) in [6, 6.07) is 13.6. The molecule has 0 aliphatic carbocycles. The Kier molecular flexibility index (Phi) is 9.32. The van der Waals surface area contributed by atoms with E-state index in [0.717, 1.165) is 25.1 Å². The number of hydrogen-bond donors (Lipinski definition) is 1. The monoisotopic (exact) mass is 480 g/mol. The number of benzene rings is 2. The van der Waals surface area contributed by atoms with Crippen LogP contribution in [0.3, 0.4) is 0 Å². The highest BCUT2D eigenvalue weighted by molar-refractivity contribution is 6.46. The normalized spacial score (nSPS) is 17.3. The molecule has 1 N–H and O–H groups in total. The molecular formula is C28H36N2O5. The first-order valence-electron chi connectivity index (χ1n) is 12.4. The Bertz CT molecular complexity index is 1040. The number of likely N-dealkylation sites (tertiary alicyclic amines) is 1. The van der Waals surface area contributed by atoms with Crippen molar-refractivity contribution in [2.24, 2.45) is 0 Å². The second-order valence-corrected chi connectivity index (χ2v) is 8.40. The van der Waals surface area contributed by atoms with Gasteiger partial charge >= 0.3 is 0 Å². The van der Waals surface area contributed by atoms with Crippen LogP contribution in [0.15, 0.2) is 54.1 Å². The van der Waals surface area contributed by atoms with E-state index in [9.17, 15) is 14.7 Å². The molecule has 0 bridgehead atoms. The Morgan fingerprint density at radius 1 is 0.971 bits per heavy atom. The minimum Gasteiger partial charge on any atom is -0.507 e. The highest BCUT2D eigenvalue weighted by atomic mass is 16.5. The van der Waals surface area contributed by atoms with E-state index in [2.05, 4.69) is 18.7 Å². The van der Waals surface area contributed by atoms with Crippen LogP contribution in [0.4, 0.5) is 0 Å². The van der Waals surface area contributed by atoms with Crippen molar-refractivity contribution in [3.05, 3.63) is 65.2 Å². The molecule has 1 unspecified atom stereocenters. The number of ketones is 1. The van der Waals surface area contributed by atoms with Crippen molar-refractivity contribution in [2.45, 2.75) is 40.2 Å². The molecule has 0 spiro atoms. The van der Waals surface area contributed by atoms with Gasteiger partial charge < -0.3 is 24.4 Å². The number of rotatable bonds is 12. The van der Waals surface area contributed by atoms with Crippen LogP contribution in [0.2, 0.25) is 0 Å². The molecule has 2 aromatic carbocycles. The first-order valence-corrected chi connectivity index (χ1v) is 12.4. The lowest BCUT2D eigenvalue weighted by molar-refractivity contribution is -0.140. The Hall–Kier alpha value is -3.32. The van der Waals surface area contributed by atoms with Gasteiger partial charge in [-0.05, 0) is 68.4 Å². The van der Waals surface area contributed by atoms with E-state index in [0.29, 0.717) is 43.4 Å². The second-order valence-electron chi connectivity index (χ2n) is 8.40. The van der Waals surface area contributed by atoms with Crippen molar-refractivity contribution in [1.82, 2.24) is 9.80 Å². The van der Waals surface area contributed by atoms with Crippen molar-refractivity contribution in [3.8, 4) is 11.5 Å². The van der Waals surface area contributed by atoms with Crippen molar-refractivity contribution >= 4 is 17.4 Å². The molecule has 1 amide bonds. The third-order valence-corrected chi connectivity index (χ3v) is 6.18. The van der Waals surface area contributed by atoms with Gasteiger partial charge in [-0.15, -0.1) is 0 Å². The number of aliphatic hydroxyl groups is 1. The van der Waals surface area contributed by atoms with Gasteiger partial charge in [0.25, 0.3) is 11.7 Å². The molecule has 1 saturated heterocycles. The number of aliphatic hydroxyl groups excluding tert-OH is 1. The molecule has 0 aromatic heterocycles. The lowest BCUT2D eigenvalue weighted by atomic mass is 9.95. The molecule has 1 atom stereocenters. The Morgan fingerprint density at radius 3 is 2.31 bits per heavy atom. The van der Waals surface area contributed by atoms with Gasteiger partial charge in [0.1, 0.15) is 17.3 Å². The number of carbonyl (C=O) groups is 2. The van der Waals surface area contributed by atoms with Crippen molar-refractivity contribution < 1.29 is 24.2 Å². The summed E-state index contributed by atoms with van der Waals surface area (Å²) in [5.74, 6) is -0.141. The Balaban J connectivity index is 2.07. The summed E-state index contributed by atoms with van der Waals surface area (Å²) in [5, 5.41) is 11.3. The maximum atomic E-state index is 13.2. The molecule has 7 nitrogen and oxygen atoms in total. The van der Waals surface area contributed by atoms with Gasteiger partial charge in [0.05, 0.1) is 24.8 Å². The Morgan fingerprint density at radius 2 is 1.69 bits per heavy atom. The van der Waals surface area contributed by atoms with E-state index < -0.39 is 17.7 Å². The number of Topliss-reactive ketones (excluding diaryl/α,β-unsaturated/α-hetero) is 1. The maximum Gasteiger partial charge on any atom is 0.295 e. The van der Waals surface area contributed by atoms with Gasteiger partial charge in [-0.25, -0.2) is 0 Å². The predicted molar refractivity (Wildman–Crippen MR) is 137 cm³/mol. The number of likely N-dealkylation sites (N-methyl/N-ethyl adjacent to an activating group) is 1. The third-order valence-electron chi connectivity index (χ3n) is 6.18. The first-order chi connectivity index (χ1) is 16.9. The van der Waals surface area contributed by atoms with Crippen LogP contribution >= 0.6 is 0 Å². The van der Waals surface area contributed by atoms with Gasteiger partial charge in [0.15, 0.2) is 0 Å². The lowest BCUT2D eigenvalue weighted by Gasteiger charge is -2.28. The van der Waals surface area contributed by atoms with Gasteiger partial charge in [-0.3, -0.25) is 9.59 Å². The molecule has 7 heteroatoms. The molecule has 0 saturated carbocycles. The minimum absolute atomic E-state index is 0.0892. The summed E-state index contributed by atoms with van der Waals surface area (Å²) < 4.78 is 11.3. The summed E-state index contributed by atoms with van der Waals surface area (Å²) >= 11 is 0. The van der Waals surface area contributed by atoms with Crippen LogP contribution in [0.25, 0.3) is 5.76 Å². The number of carbonyl (C=O) groups excluding carboxylic acids is 2. The molecular weight excluding hydrogens is 444 g/mol. The highest BCUT2D eigenvalue weighted by Gasteiger charge is 2.46. The molecule has 1 aliphatic rings. The summed E-state index contributed by atoms with van der Waals surface area (Å²) in [7, 11) is 0. The zero-order valence-electron chi connectivity index (χ0n) is 21.1. The largest absolute Gasteiger partial charge is 0.507 e. The van der Waals surface area contributed by atoms with E-state index in [1.807, 2.05) is 38.1 Å². The van der Waals surface area contributed by atoms with Crippen LogP contribution < -0.4 is 9.47 Å². The molecule has 35 heavy (non-hydrogen) atoms. The van der Waals surface area contributed by atoms with E-state index in [-0.39, 0.29) is 11.3 Å². The SMILES string of the molecule is CCCOc1cccc(C2/C(=C(/O)c3ccc(OCC)cc3)C(=O)C(=O)N2CCN(CC)CC)c1. The molecule has 1 aliphatic heterocycles. The lowest BCUT2D eigenvalue weighted by Crippen LogP contribution is -2.38. The summed E-state index contributed by atoms with van der Waals surface area (Å²) in [4.78, 5) is 30.2. The molecule has 1 heterocycles. The average Bonchev–Trinajstić information content (AvgIpc) is 3.13. The predicted octanol–water partition coefficient (Wildman–Crippen LogP) is 4.64. The fourth-order valence-electron chi connectivity index (χ4n) is 4.27.